The van der Waals surface area contributed by atoms with Gasteiger partial charge in [-0.3, -0.25) is 9.79 Å². The molecule has 0 saturated carbocycles. The van der Waals surface area contributed by atoms with E-state index in [1.807, 2.05) is 23.2 Å². The van der Waals surface area contributed by atoms with Crippen LogP contribution in [-0.2, 0) is 31.3 Å². The first-order chi connectivity index (χ1) is 25.4. The van der Waals surface area contributed by atoms with Crippen LogP contribution in [0.5, 0.6) is 23.0 Å². The summed E-state index contributed by atoms with van der Waals surface area (Å²) < 4.78 is 23.6. The molecule has 0 bridgehead atoms. The molecule has 2 atom stereocenters. The third-order valence-electron chi connectivity index (χ3n) is 9.86. The molecule has 0 radical (unpaired) electrons. The first-order valence-electron chi connectivity index (χ1n) is 17.8. The van der Waals surface area contributed by atoms with Gasteiger partial charge in [-0.2, -0.15) is 0 Å². The molecule has 3 aliphatic heterocycles. The maximum absolute atomic E-state index is 13.1. The van der Waals surface area contributed by atoms with Crippen LogP contribution in [0.2, 0.25) is 0 Å². The van der Waals surface area contributed by atoms with Gasteiger partial charge in [0.25, 0.3) is 5.91 Å². The van der Waals surface area contributed by atoms with Crippen LogP contribution in [0.4, 0.5) is 5.69 Å². The molecule has 0 aromatic heterocycles. The molecular formula is C39H47N3O10. The number of benzene rings is 3. The van der Waals surface area contributed by atoms with Crippen LogP contribution >= 0.6 is 0 Å². The Kier molecular flexibility index (Phi) is 12.3. The molecule has 3 aromatic rings. The van der Waals surface area contributed by atoms with E-state index in [4.69, 9.17) is 23.8 Å². The number of carbonyl (C=O) groups is 1. The number of fused-ring (bicyclic) bond motifs is 2. The fraction of sp³-hybridized carbons (Fsp3) is 0.462. The number of rotatable bonds is 17. The second kappa shape index (κ2) is 17.2. The van der Waals surface area contributed by atoms with E-state index in [0.29, 0.717) is 87.4 Å². The average Bonchev–Trinajstić information content (AvgIpc) is 3.85. The standard InChI is InChI=1S/C39H47N3O10/c1-48-36-15-25(35-17-32(41-52-35)24-12-26(20-43)31(23-46)27(13-24)21-44)16-37(49-2)38(36)51-11-6-4-3-5-10-50-34-18-33-30(14-28(34)22-45)39(47)42-9-7-8-29(42)19-40-33/h12-16,18-19,29,35,43-46H,3-11,17,20-23H2,1-2H3/t29-,35?/m0/s1. The lowest BCUT2D eigenvalue weighted by molar-refractivity contribution is 0.0774. The van der Waals surface area contributed by atoms with E-state index in [-0.39, 0.29) is 38.4 Å². The summed E-state index contributed by atoms with van der Waals surface area (Å²) in [7, 11) is 3.13. The van der Waals surface area contributed by atoms with Crippen molar-refractivity contribution in [3.63, 3.8) is 0 Å². The molecule has 0 aliphatic carbocycles. The minimum absolute atomic E-state index is 0.0249. The topological polar surface area (TPSA) is 172 Å². The number of hydrogen-bond acceptors (Lipinski definition) is 12. The van der Waals surface area contributed by atoms with Crippen LogP contribution < -0.4 is 18.9 Å². The van der Waals surface area contributed by atoms with Gasteiger partial charge in [0, 0.05) is 41.9 Å². The summed E-state index contributed by atoms with van der Waals surface area (Å²) in [5, 5.41) is 43.7. The molecule has 1 saturated heterocycles. The maximum atomic E-state index is 13.1. The van der Waals surface area contributed by atoms with Crippen LogP contribution in [0.3, 0.4) is 0 Å². The molecule has 13 nitrogen and oxygen atoms in total. The normalized spacial score (nSPS) is 17.7. The average molecular weight is 718 g/mol. The number of carbonyl (C=O) groups excluding carboxylic acids is 1. The third-order valence-corrected chi connectivity index (χ3v) is 9.86. The lowest BCUT2D eigenvalue weighted by atomic mass is 9.93. The minimum atomic E-state index is -0.422. The van der Waals surface area contributed by atoms with E-state index < -0.39 is 6.10 Å². The highest BCUT2D eigenvalue weighted by Gasteiger charge is 2.32. The van der Waals surface area contributed by atoms with Crippen LogP contribution in [0.1, 0.15) is 94.8 Å². The van der Waals surface area contributed by atoms with Crippen LogP contribution in [-0.4, -0.2) is 83.2 Å². The highest BCUT2D eigenvalue weighted by Crippen LogP contribution is 2.43. The Morgan fingerprint density at radius 3 is 2.12 bits per heavy atom. The largest absolute Gasteiger partial charge is 0.493 e. The molecule has 278 valence electrons. The minimum Gasteiger partial charge on any atom is -0.493 e. The van der Waals surface area contributed by atoms with Gasteiger partial charge in [0.05, 0.1) is 76.9 Å². The predicted octanol–water partition coefficient (Wildman–Crippen LogP) is 4.88. The van der Waals surface area contributed by atoms with Crippen LogP contribution in [0.15, 0.2) is 46.5 Å². The van der Waals surface area contributed by atoms with Gasteiger partial charge in [0.15, 0.2) is 17.6 Å². The zero-order valence-electron chi connectivity index (χ0n) is 29.7. The van der Waals surface area contributed by atoms with E-state index in [0.717, 1.165) is 50.6 Å². The SMILES string of the molecule is COc1cc(C2CC(c3cc(CO)c(CO)c(CO)c3)=NO2)cc(OC)c1OCCCCCCOc1cc2c(cc1CO)C(=O)N1CCC[C@H]1C=N2. The van der Waals surface area contributed by atoms with Gasteiger partial charge in [-0.15, -0.1) is 0 Å². The fourth-order valence-electron chi connectivity index (χ4n) is 6.99. The number of amides is 1. The Bertz CT molecular complexity index is 1760. The summed E-state index contributed by atoms with van der Waals surface area (Å²) in [5.41, 5.74) is 5.38. The molecule has 52 heavy (non-hydrogen) atoms. The van der Waals surface area contributed by atoms with Gasteiger partial charge in [-0.25, -0.2) is 0 Å². The zero-order chi connectivity index (χ0) is 36.6. The molecule has 6 rings (SSSR count). The van der Waals surface area contributed by atoms with Crippen molar-refractivity contribution in [3.8, 4) is 23.0 Å². The number of unbranched alkanes of at least 4 members (excludes halogenated alkanes) is 3. The van der Waals surface area contributed by atoms with E-state index in [2.05, 4.69) is 10.1 Å². The second-order valence-electron chi connectivity index (χ2n) is 13.1. The summed E-state index contributed by atoms with van der Waals surface area (Å²) in [5.74, 6) is 2.01. The van der Waals surface area contributed by atoms with Gasteiger partial charge >= 0.3 is 0 Å². The quantitative estimate of drug-likeness (QED) is 0.141. The summed E-state index contributed by atoms with van der Waals surface area (Å²) >= 11 is 0. The molecule has 1 amide bonds. The summed E-state index contributed by atoms with van der Waals surface area (Å²) in [6.45, 7) is 0.575. The number of nitrogens with zero attached hydrogens (tertiary/aromatic N) is 3. The third kappa shape index (κ3) is 7.87. The Balaban J connectivity index is 0.991. The lowest BCUT2D eigenvalue weighted by Gasteiger charge is -2.20. The number of methoxy groups -OCH3 is 2. The Hall–Kier alpha value is -4.69. The van der Waals surface area contributed by atoms with E-state index in [1.165, 1.54) is 0 Å². The summed E-state index contributed by atoms with van der Waals surface area (Å²) in [6.07, 6.45) is 7.16. The van der Waals surface area contributed by atoms with Crippen molar-refractivity contribution < 1.29 is 49.0 Å². The monoisotopic (exact) mass is 717 g/mol. The van der Waals surface area contributed by atoms with Gasteiger partial charge in [0.2, 0.25) is 5.75 Å². The van der Waals surface area contributed by atoms with Crippen molar-refractivity contribution in [2.75, 3.05) is 34.0 Å². The predicted molar refractivity (Wildman–Crippen MR) is 193 cm³/mol. The molecule has 3 aliphatic rings. The smallest absolute Gasteiger partial charge is 0.256 e. The molecule has 3 aromatic carbocycles. The second-order valence-corrected chi connectivity index (χ2v) is 13.1. The first kappa shape index (κ1) is 37.1. The molecule has 3 heterocycles. The van der Waals surface area contributed by atoms with Crippen molar-refractivity contribution in [1.29, 1.82) is 0 Å². The van der Waals surface area contributed by atoms with Gasteiger partial charge in [-0.05, 0) is 85.5 Å². The fourth-order valence-corrected chi connectivity index (χ4v) is 6.99. The van der Waals surface area contributed by atoms with Crippen LogP contribution in [0.25, 0.3) is 0 Å². The van der Waals surface area contributed by atoms with Crippen LogP contribution in [0, 0.1) is 0 Å². The Morgan fingerprint density at radius 2 is 1.48 bits per heavy atom. The van der Waals surface area contributed by atoms with Gasteiger partial charge in [0.1, 0.15) is 5.75 Å². The summed E-state index contributed by atoms with van der Waals surface area (Å²) in [4.78, 5) is 25.3. The molecular weight excluding hydrogens is 670 g/mol. The van der Waals surface area contributed by atoms with Gasteiger partial charge in [-0.1, -0.05) is 5.16 Å². The number of aliphatic hydroxyl groups is 4. The Morgan fingerprint density at radius 1 is 0.808 bits per heavy atom. The number of hydrogen-bond donors (Lipinski definition) is 4. The van der Waals surface area contributed by atoms with Crippen molar-refractivity contribution in [2.45, 2.75) is 83.5 Å². The molecule has 4 N–H and O–H groups in total. The van der Waals surface area contributed by atoms with Gasteiger partial charge < -0.3 is 49.1 Å². The maximum Gasteiger partial charge on any atom is 0.256 e. The summed E-state index contributed by atoms with van der Waals surface area (Å²) in [6, 6.07) is 10.7. The van der Waals surface area contributed by atoms with Crippen molar-refractivity contribution in [3.05, 3.63) is 75.3 Å². The van der Waals surface area contributed by atoms with E-state index >= 15 is 0 Å². The van der Waals surface area contributed by atoms with Crippen molar-refractivity contribution in [2.24, 2.45) is 10.1 Å². The number of aliphatic imine (C=N–C) groups is 1. The zero-order valence-corrected chi connectivity index (χ0v) is 29.7. The van der Waals surface area contributed by atoms with Crippen molar-refractivity contribution in [1.82, 2.24) is 4.90 Å². The highest BCUT2D eigenvalue weighted by molar-refractivity contribution is 6.03. The highest BCUT2D eigenvalue weighted by atomic mass is 16.6. The molecule has 13 heteroatoms. The molecule has 0 spiro atoms. The number of aliphatic hydroxyl groups excluding tert-OH is 4. The molecule has 1 unspecified atom stereocenters. The van der Waals surface area contributed by atoms with Crippen molar-refractivity contribution >= 4 is 23.5 Å². The number of oxime groups is 1. The first-order valence-corrected chi connectivity index (χ1v) is 17.8. The van der Waals surface area contributed by atoms with E-state index in [1.54, 1.807) is 38.5 Å². The Labute approximate surface area is 303 Å². The van der Waals surface area contributed by atoms with E-state index in [9.17, 15) is 25.2 Å². The number of ether oxygens (including phenoxy) is 4. The lowest BCUT2D eigenvalue weighted by Crippen LogP contribution is -2.35. The molecule has 1 fully saturated rings.